The summed E-state index contributed by atoms with van der Waals surface area (Å²) < 4.78 is 5.57. The third-order valence-corrected chi connectivity index (χ3v) is 2.43. The van der Waals surface area contributed by atoms with Gasteiger partial charge in [-0.05, 0) is 28.1 Å². The molecule has 0 aromatic carbocycles. The van der Waals surface area contributed by atoms with Crippen LogP contribution in [0.4, 0.5) is 0 Å². The summed E-state index contributed by atoms with van der Waals surface area (Å²) in [6, 6.07) is 3.19. The Morgan fingerprint density at radius 3 is 2.33 bits per heavy atom. The zero-order valence-corrected chi connectivity index (χ0v) is 10.6. The summed E-state index contributed by atoms with van der Waals surface area (Å²) in [5.74, 6) is -0.139. The Labute approximate surface area is 97.0 Å². The first-order valence-corrected chi connectivity index (χ1v) is 5.42. The predicted octanol–water partition coefficient (Wildman–Crippen LogP) is 3.23. The molecule has 0 saturated heterocycles. The van der Waals surface area contributed by atoms with Crippen LogP contribution in [0.2, 0.25) is 0 Å². The summed E-state index contributed by atoms with van der Waals surface area (Å²) in [4.78, 5) is 23.2. The molecule has 1 rings (SSSR count). The van der Waals surface area contributed by atoms with Crippen LogP contribution in [0.1, 0.15) is 37.7 Å². The number of hydrogen-bond acceptors (Lipinski definition) is 3. The minimum absolute atomic E-state index is 0.0833. The minimum Gasteiger partial charge on any atom is -0.446 e. The quantitative estimate of drug-likeness (QED) is 0.627. The molecule has 0 radical (unpaired) electrons. The Balaban J connectivity index is 2.69. The van der Waals surface area contributed by atoms with Crippen molar-refractivity contribution in [1.82, 2.24) is 0 Å². The van der Waals surface area contributed by atoms with Crippen LogP contribution in [0.5, 0.6) is 0 Å². The monoisotopic (exact) mass is 272 g/mol. The van der Waals surface area contributed by atoms with Crippen molar-refractivity contribution in [2.24, 2.45) is 5.41 Å². The van der Waals surface area contributed by atoms with E-state index in [4.69, 9.17) is 4.42 Å². The molecule has 0 unspecified atom stereocenters. The van der Waals surface area contributed by atoms with Gasteiger partial charge in [-0.15, -0.1) is 0 Å². The topological polar surface area (TPSA) is 47.3 Å². The SMILES string of the molecule is CC(C)(C)C(=O)CC(=O)c1ccc(Br)o1. The average molecular weight is 273 g/mol. The first kappa shape index (κ1) is 12.2. The van der Waals surface area contributed by atoms with E-state index in [0.717, 1.165) is 0 Å². The van der Waals surface area contributed by atoms with Crippen LogP contribution < -0.4 is 0 Å². The second kappa shape index (κ2) is 4.31. The largest absolute Gasteiger partial charge is 0.446 e. The Morgan fingerprint density at radius 2 is 1.93 bits per heavy atom. The number of carbonyl (C=O) groups excluding carboxylic acids is 2. The fraction of sp³-hybridized carbons (Fsp3) is 0.455. The molecule has 0 saturated carbocycles. The molecule has 0 bridgehead atoms. The highest BCUT2D eigenvalue weighted by Gasteiger charge is 2.25. The Bertz CT molecular complexity index is 385. The van der Waals surface area contributed by atoms with E-state index in [9.17, 15) is 9.59 Å². The summed E-state index contributed by atoms with van der Waals surface area (Å²) in [5, 5.41) is 0. The highest BCUT2D eigenvalue weighted by Crippen LogP contribution is 2.20. The molecule has 3 nitrogen and oxygen atoms in total. The van der Waals surface area contributed by atoms with Crippen LogP contribution in [0.25, 0.3) is 0 Å². The molecule has 15 heavy (non-hydrogen) atoms. The van der Waals surface area contributed by atoms with Crippen LogP contribution in [0, 0.1) is 5.41 Å². The van der Waals surface area contributed by atoms with E-state index in [1.165, 1.54) is 0 Å². The van der Waals surface area contributed by atoms with E-state index >= 15 is 0 Å². The maximum Gasteiger partial charge on any atom is 0.205 e. The minimum atomic E-state index is -0.487. The number of hydrogen-bond donors (Lipinski definition) is 0. The van der Waals surface area contributed by atoms with Crippen LogP contribution in [0.3, 0.4) is 0 Å². The van der Waals surface area contributed by atoms with Crippen molar-refractivity contribution in [3.05, 3.63) is 22.6 Å². The standard InChI is InChI=1S/C11H13BrO3/c1-11(2,3)9(14)6-7(13)8-4-5-10(12)15-8/h4-5H,6H2,1-3H3. The summed E-state index contributed by atoms with van der Waals surface area (Å²) in [5.41, 5.74) is -0.487. The molecule has 0 aliphatic rings. The second-order valence-electron chi connectivity index (χ2n) is 4.38. The molecule has 0 aliphatic heterocycles. The number of halogens is 1. The van der Waals surface area contributed by atoms with E-state index < -0.39 is 5.41 Å². The third kappa shape index (κ3) is 3.30. The van der Waals surface area contributed by atoms with E-state index in [0.29, 0.717) is 4.67 Å². The lowest BCUT2D eigenvalue weighted by Crippen LogP contribution is -2.22. The lowest BCUT2D eigenvalue weighted by Gasteiger charge is -2.15. The number of furan rings is 1. The van der Waals surface area contributed by atoms with E-state index in [-0.39, 0.29) is 23.7 Å². The average Bonchev–Trinajstić information content (AvgIpc) is 2.50. The summed E-state index contributed by atoms with van der Waals surface area (Å²) in [6.07, 6.45) is -0.108. The van der Waals surface area contributed by atoms with E-state index in [1.54, 1.807) is 32.9 Å². The maximum absolute atomic E-state index is 11.6. The molecule has 0 atom stereocenters. The first-order chi connectivity index (χ1) is 6.80. The molecule has 0 N–H and O–H groups in total. The van der Waals surface area contributed by atoms with Gasteiger partial charge in [-0.3, -0.25) is 9.59 Å². The molecule has 0 amide bonds. The van der Waals surface area contributed by atoms with Crippen molar-refractivity contribution >= 4 is 27.5 Å². The Hall–Kier alpha value is -0.900. The van der Waals surface area contributed by atoms with Crippen LogP contribution in [-0.2, 0) is 4.79 Å². The summed E-state index contributed by atoms with van der Waals surface area (Å²) >= 11 is 3.10. The molecule has 82 valence electrons. The van der Waals surface area contributed by atoms with Crippen molar-refractivity contribution in [2.45, 2.75) is 27.2 Å². The fourth-order valence-electron chi connectivity index (χ4n) is 0.962. The molecule has 0 fully saturated rings. The van der Waals surface area contributed by atoms with Gasteiger partial charge in [-0.25, -0.2) is 0 Å². The fourth-order valence-corrected chi connectivity index (χ4v) is 1.27. The molecule has 4 heteroatoms. The van der Waals surface area contributed by atoms with Crippen molar-refractivity contribution < 1.29 is 14.0 Å². The second-order valence-corrected chi connectivity index (χ2v) is 5.16. The van der Waals surface area contributed by atoms with Crippen LogP contribution >= 0.6 is 15.9 Å². The predicted molar refractivity (Wildman–Crippen MR) is 59.8 cm³/mol. The van der Waals surface area contributed by atoms with Gasteiger partial charge in [0, 0.05) is 5.41 Å². The number of Topliss-reactive ketones (excluding diaryl/α,β-unsaturated/α-hetero) is 2. The van der Waals surface area contributed by atoms with Crippen molar-refractivity contribution in [3.63, 3.8) is 0 Å². The van der Waals surface area contributed by atoms with Gasteiger partial charge in [0.15, 0.2) is 10.4 Å². The first-order valence-electron chi connectivity index (χ1n) is 4.62. The molecule has 0 aliphatic carbocycles. The Morgan fingerprint density at radius 1 is 1.33 bits per heavy atom. The number of rotatable bonds is 3. The smallest absolute Gasteiger partial charge is 0.205 e. The van der Waals surface area contributed by atoms with Gasteiger partial charge < -0.3 is 4.42 Å². The van der Waals surface area contributed by atoms with Gasteiger partial charge in [0.1, 0.15) is 5.78 Å². The summed E-state index contributed by atoms with van der Waals surface area (Å²) in [6.45, 7) is 5.38. The summed E-state index contributed by atoms with van der Waals surface area (Å²) in [7, 11) is 0. The van der Waals surface area contributed by atoms with Crippen molar-refractivity contribution in [1.29, 1.82) is 0 Å². The van der Waals surface area contributed by atoms with Crippen LogP contribution in [0.15, 0.2) is 21.2 Å². The van der Waals surface area contributed by atoms with Crippen molar-refractivity contribution in [3.8, 4) is 0 Å². The van der Waals surface area contributed by atoms with Crippen LogP contribution in [-0.4, -0.2) is 11.6 Å². The van der Waals surface area contributed by atoms with Gasteiger partial charge in [0.05, 0.1) is 6.42 Å². The normalized spacial score (nSPS) is 11.5. The van der Waals surface area contributed by atoms with E-state index in [2.05, 4.69) is 15.9 Å². The lowest BCUT2D eigenvalue weighted by molar-refractivity contribution is -0.125. The Kier molecular flexibility index (Phi) is 3.50. The third-order valence-electron chi connectivity index (χ3n) is 2.01. The molecule has 1 aromatic rings. The van der Waals surface area contributed by atoms with Gasteiger partial charge in [0.25, 0.3) is 0 Å². The molecular weight excluding hydrogens is 260 g/mol. The number of ketones is 2. The number of carbonyl (C=O) groups is 2. The van der Waals surface area contributed by atoms with Gasteiger partial charge in [0.2, 0.25) is 5.78 Å². The molecular formula is C11H13BrO3. The lowest BCUT2D eigenvalue weighted by atomic mass is 9.88. The maximum atomic E-state index is 11.6. The van der Waals surface area contributed by atoms with Gasteiger partial charge in [-0.2, -0.15) is 0 Å². The highest BCUT2D eigenvalue weighted by atomic mass is 79.9. The highest BCUT2D eigenvalue weighted by molar-refractivity contribution is 9.10. The zero-order chi connectivity index (χ0) is 11.6. The van der Waals surface area contributed by atoms with Crippen molar-refractivity contribution in [2.75, 3.05) is 0 Å². The molecule has 0 spiro atoms. The molecule has 1 aromatic heterocycles. The van der Waals surface area contributed by atoms with Gasteiger partial charge >= 0.3 is 0 Å². The van der Waals surface area contributed by atoms with Gasteiger partial charge in [-0.1, -0.05) is 20.8 Å². The molecule has 1 heterocycles. The zero-order valence-electron chi connectivity index (χ0n) is 8.96. The van der Waals surface area contributed by atoms with E-state index in [1.807, 2.05) is 0 Å².